The number of nitrogens with zero attached hydrogens (tertiary/aromatic N) is 2. The van der Waals surface area contributed by atoms with Crippen LogP contribution in [-0.4, -0.2) is 29.9 Å². The predicted octanol–water partition coefficient (Wildman–Crippen LogP) is 0.188. The van der Waals surface area contributed by atoms with Gasteiger partial charge in [0.25, 0.3) is 0 Å². The number of aromatic nitrogens is 2. The third-order valence-electron chi connectivity index (χ3n) is 3.20. The lowest BCUT2D eigenvalue weighted by Crippen LogP contribution is -2.46. The number of rotatable bonds is 5. The highest BCUT2D eigenvalue weighted by Crippen LogP contribution is 2.24. The van der Waals surface area contributed by atoms with Gasteiger partial charge in [0, 0.05) is 13.2 Å². The third kappa shape index (κ3) is 3.07. The fourth-order valence-corrected chi connectivity index (χ4v) is 3.52. The molecule has 1 unspecified atom stereocenters. The van der Waals surface area contributed by atoms with Crippen LogP contribution in [0.2, 0.25) is 0 Å². The highest BCUT2D eigenvalue weighted by molar-refractivity contribution is 7.89. The van der Waals surface area contributed by atoms with Crippen LogP contribution in [0.4, 0.5) is 5.82 Å². The van der Waals surface area contributed by atoms with E-state index in [1.54, 1.807) is 38.2 Å². The van der Waals surface area contributed by atoms with Crippen molar-refractivity contribution < 1.29 is 13.5 Å². The SMILES string of the molecule is Cn1cc(S(=O)(=O)NC(C)(CO)c2ccccc2)c(N)n1. The molecule has 1 heterocycles. The molecule has 0 aliphatic carbocycles. The van der Waals surface area contributed by atoms with Gasteiger partial charge in [0.2, 0.25) is 10.0 Å². The summed E-state index contributed by atoms with van der Waals surface area (Å²) in [7, 11) is -2.33. The molecule has 2 aromatic rings. The molecule has 0 aliphatic rings. The first-order valence-electron chi connectivity index (χ1n) is 6.28. The maximum atomic E-state index is 12.5. The van der Waals surface area contributed by atoms with Crippen molar-refractivity contribution in [2.45, 2.75) is 17.4 Å². The maximum absolute atomic E-state index is 12.5. The lowest BCUT2D eigenvalue weighted by atomic mass is 9.94. The molecule has 0 fully saturated rings. The minimum Gasteiger partial charge on any atom is -0.394 e. The van der Waals surface area contributed by atoms with Crippen molar-refractivity contribution in [1.82, 2.24) is 14.5 Å². The first-order valence-corrected chi connectivity index (χ1v) is 7.76. The van der Waals surface area contributed by atoms with Gasteiger partial charge in [-0.1, -0.05) is 30.3 Å². The van der Waals surface area contributed by atoms with Crippen molar-refractivity contribution in [3.8, 4) is 0 Å². The summed E-state index contributed by atoms with van der Waals surface area (Å²) >= 11 is 0. The summed E-state index contributed by atoms with van der Waals surface area (Å²) in [5.41, 5.74) is 5.11. The van der Waals surface area contributed by atoms with Gasteiger partial charge in [-0.3, -0.25) is 4.68 Å². The Labute approximate surface area is 123 Å². The van der Waals surface area contributed by atoms with Crippen LogP contribution >= 0.6 is 0 Å². The number of hydrogen-bond donors (Lipinski definition) is 3. The van der Waals surface area contributed by atoms with Gasteiger partial charge in [0.15, 0.2) is 5.82 Å². The minimum atomic E-state index is -3.91. The molecule has 0 saturated heterocycles. The zero-order valence-electron chi connectivity index (χ0n) is 11.8. The lowest BCUT2D eigenvalue weighted by Gasteiger charge is -2.28. The van der Waals surface area contributed by atoms with E-state index in [0.717, 1.165) is 0 Å². The molecule has 1 aromatic heterocycles. The number of aliphatic hydroxyl groups is 1. The standard InChI is InChI=1S/C13H18N4O3S/c1-13(9-18,10-6-4-3-5-7-10)16-21(19,20)11-8-17(2)15-12(11)14/h3-8,16,18H,9H2,1-2H3,(H2,14,15). The number of benzene rings is 1. The van der Waals surface area contributed by atoms with Gasteiger partial charge in [-0.2, -0.15) is 9.82 Å². The maximum Gasteiger partial charge on any atom is 0.246 e. The van der Waals surface area contributed by atoms with Crippen LogP contribution in [-0.2, 0) is 22.6 Å². The van der Waals surface area contributed by atoms with Crippen LogP contribution in [0.15, 0.2) is 41.4 Å². The van der Waals surface area contributed by atoms with E-state index in [0.29, 0.717) is 5.56 Å². The molecule has 4 N–H and O–H groups in total. The van der Waals surface area contributed by atoms with Crippen LogP contribution in [0.5, 0.6) is 0 Å². The molecule has 0 radical (unpaired) electrons. The van der Waals surface area contributed by atoms with E-state index < -0.39 is 22.2 Å². The fourth-order valence-electron chi connectivity index (χ4n) is 2.03. The van der Waals surface area contributed by atoms with Crippen LogP contribution < -0.4 is 10.5 Å². The normalized spacial score (nSPS) is 14.8. The van der Waals surface area contributed by atoms with Crippen molar-refractivity contribution in [1.29, 1.82) is 0 Å². The molecule has 0 bridgehead atoms. The number of sulfonamides is 1. The van der Waals surface area contributed by atoms with Gasteiger partial charge in [-0.15, -0.1) is 0 Å². The monoisotopic (exact) mass is 310 g/mol. The molecule has 0 spiro atoms. The van der Waals surface area contributed by atoms with Crippen molar-refractivity contribution in [3.05, 3.63) is 42.1 Å². The minimum absolute atomic E-state index is 0.0849. The number of nitrogen functional groups attached to an aromatic ring is 1. The van der Waals surface area contributed by atoms with Gasteiger partial charge in [0.1, 0.15) is 4.90 Å². The lowest BCUT2D eigenvalue weighted by molar-refractivity contribution is 0.196. The van der Waals surface area contributed by atoms with Crippen LogP contribution in [0, 0.1) is 0 Å². The van der Waals surface area contributed by atoms with E-state index >= 15 is 0 Å². The first kappa shape index (κ1) is 15.5. The molecular formula is C13H18N4O3S. The molecular weight excluding hydrogens is 292 g/mol. The number of aliphatic hydroxyl groups excluding tert-OH is 1. The highest BCUT2D eigenvalue weighted by Gasteiger charge is 2.33. The summed E-state index contributed by atoms with van der Waals surface area (Å²) in [5, 5.41) is 13.5. The number of nitrogens with one attached hydrogen (secondary N) is 1. The molecule has 0 aliphatic heterocycles. The summed E-state index contributed by atoms with van der Waals surface area (Å²) in [4.78, 5) is -0.111. The Hall–Kier alpha value is -1.90. The van der Waals surface area contributed by atoms with Gasteiger partial charge < -0.3 is 10.8 Å². The third-order valence-corrected chi connectivity index (χ3v) is 4.81. The molecule has 0 amide bonds. The van der Waals surface area contributed by atoms with Crippen LogP contribution in [0.3, 0.4) is 0 Å². The molecule has 2 rings (SSSR count). The largest absolute Gasteiger partial charge is 0.394 e. The molecule has 0 saturated carbocycles. The Morgan fingerprint density at radius 3 is 2.48 bits per heavy atom. The Balaban J connectivity index is 2.40. The molecule has 8 heteroatoms. The van der Waals surface area contributed by atoms with Gasteiger partial charge >= 0.3 is 0 Å². The van der Waals surface area contributed by atoms with Gasteiger partial charge in [-0.25, -0.2) is 8.42 Å². The quantitative estimate of drug-likeness (QED) is 0.730. The number of nitrogens with two attached hydrogens (primary N) is 1. The van der Waals surface area contributed by atoms with E-state index in [9.17, 15) is 13.5 Å². The summed E-state index contributed by atoms with van der Waals surface area (Å²) in [6.45, 7) is 1.21. The van der Waals surface area contributed by atoms with Crippen LogP contribution in [0.25, 0.3) is 0 Å². The zero-order chi connectivity index (χ0) is 15.7. The van der Waals surface area contributed by atoms with Gasteiger partial charge in [0.05, 0.1) is 12.1 Å². The zero-order valence-corrected chi connectivity index (χ0v) is 12.6. The molecule has 114 valence electrons. The second kappa shape index (κ2) is 5.47. The first-order chi connectivity index (χ1) is 9.78. The Morgan fingerprint density at radius 2 is 2.00 bits per heavy atom. The highest BCUT2D eigenvalue weighted by atomic mass is 32.2. The Bertz CT molecular complexity index is 727. The Morgan fingerprint density at radius 1 is 1.38 bits per heavy atom. The van der Waals surface area contributed by atoms with Crippen molar-refractivity contribution >= 4 is 15.8 Å². The fraction of sp³-hybridized carbons (Fsp3) is 0.308. The second-order valence-corrected chi connectivity index (χ2v) is 6.66. The number of anilines is 1. The predicted molar refractivity (Wildman–Crippen MR) is 78.8 cm³/mol. The van der Waals surface area contributed by atoms with E-state index in [-0.39, 0.29) is 10.7 Å². The van der Waals surface area contributed by atoms with Crippen molar-refractivity contribution in [2.75, 3.05) is 12.3 Å². The number of aryl methyl sites for hydroxylation is 1. The molecule has 7 nitrogen and oxygen atoms in total. The van der Waals surface area contributed by atoms with Crippen molar-refractivity contribution in [2.24, 2.45) is 7.05 Å². The second-order valence-electron chi connectivity index (χ2n) is 5.01. The summed E-state index contributed by atoms with van der Waals surface area (Å²) in [6, 6.07) is 8.84. The molecule has 1 aromatic carbocycles. The van der Waals surface area contributed by atoms with E-state index in [4.69, 9.17) is 5.73 Å². The average molecular weight is 310 g/mol. The van der Waals surface area contributed by atoms with Gasteiger partial charge in [-0.05, 0) is 12.5 Å². The number of hydrogen-bond acceptors (Lipinski definition) is 5. The van der Waals surface area contributed by atoms with E-state index in [1.807, 2.05) is 6.07 Å². The average Bonchev–Trinajstić information content (AvgIpc) is 2.79. The molecule has 1 atom stereocenters. The molecule has 21 heavy (non-hydrogen) atoms. The van der Waals surface area contributed by atoms with E-state index in [2.05, 4.69) is 9.82 Å². The summed E-state index contributed by atoms with van der Waals surface area (Å²) < 4.78 is 28.7. The summed E-state index contributed by atoms with van der Waals surface area (Å²) in [6.07, 6.45) is 1.32. The van der Waals surface area contributed by atoms with Crippen molar-refractivity contribution in [3.63, 3.8) is 0 Å². The smallest absolute Gasteiger partial charge is 0.246 e. The summed E-state index contributed by atoms with van der Waals surface area (Å²) in [5.74, 6) is -0.0849. The van der Waals surface area contributed by atoms with E-state index in [1.165, 1.54) is 10.9 Å². The Kier molecular flexibility index (Phi) is 4.04. The van der Waals surface area contributed by atoms with Crippen LogP contribution in [0.1, 0.15) is 12.5 Å². The topological polar surface area (TPSA) is 110 Å².